The number of hydrogen-bond donors (Lipinski definition) is 0. The fourth-order valence-corrected chi connectivity index (χ4v) is 2.81. The van der Waals surface area contributed by atoms with Crippen LogP contribution in [0.5, 0.6) is 0 Å². The largest absolute Gasteiger partial charge is 0.353 e. The lowest BCUT2D eigenvalue weighted by molar-refractivity contribution is -0.131. The van der Waals surface area contributed by atoms with Crippen LogP contribution in [0.4, 0.5) is 5.82 Å². The second kappa shape index (κ2) is 7.75. The minimum Gasteiger partial charge on any atom is -0.353 e. The van der Waals surface area contributed by atoms with Gasteiger partial charge in [-0.25, -0.2) is 4.98 Å². The molecule has 1 aliphatic rings. The van der Waals surface area contributed by atoms with Crippen LogP contribution in [0.2, 0.25) is 0 Å². The van der Waals surface area contributed by atoms with Crippen molar-refractivity contribution in [3.05, 3.63) is 35.6 Å². The molecule has 1 aliphatic heterocycles. The quantitative estimate of drug-likeness (QED) is 0.809. The maximum absolute atomic E-state index is 12.3. The maximum Gasteiger partial charge on any atom is 0.226 e. The molecule has 3 rings (SSSR count). The van der Waals surface area contributed by atoms with Crippen molar-refractivity contribution in [1.82, 2.24) is 20.0 Å². The molecule has 0 spiro atoms. The first-order valence-corrected chi connectivity index (χ1v) is 8.34. The summed E-state index contributed by atoms with van der Waals surface area (Å²) < 4.78 is 5.05. The summed E-state index contributed by atoms with van der Waals surface area (Å²) in [5.74, 6) is 2.21. The molecule has 0 aliphatic carbocycles. The summed E-state index contributed by atoms with van der Waals surface area (Å²) >= 11 is 0. The first-order valence-electron chi connectivity index (χ1n) is 8.34. The number of nitriles is 1. The minimum atomic E-state index is 0.156. The van der Waals surface area contributed by atoms with E-state index in [9.17, 15) is 4.79 Å². The van der Waals surface area contributed by atoms with E-state index < -0.39 is 0 Å². The van der Waals surface area contributed by atoms with E-state index in [0.29, 0.717) is 49.6 Å². The summed E-state index contributed by atoms with van der Waals surface area (Å²) in [7, 11) is 0. The van der Waals surface area contributed by atoms with Gasteiger partial charge in [0.05, 0.1) is 5.56 Å². The molecule has 1 amide bonds. The average Bonchev–Trinajstić information content (AvgIpc) is 3.07. The van der Waals surface area contributed by atoms with Crippen LogP contribution in [0.1, 0.15) is 30.1 Å². The van der Waals surface area contributed by atoms with Crippen molar-refractivity contribution >= 4 is 11.7 Å². The van der Waals surface area contributed by atoms with E-state index in [4.69, 9.17) is 9.78 Å². The Morgan fingerprint density at radius 3 is 2.72 bits per heavy atom. The molecule has 130 valence electrons. The van der Waals surface area contributed by atoms with E-state index in [2.05, 4.69) is 26.1 Å². The van der Waals surface area contributed by atoms with E-state index >= 15 is 0 Å². The van der Waals surface area contributed by atoms with Crippen molar-refractivity contribution in [2.75, 3.05) is 31.1 Å². The van der Waals surface area contributed by atoms with Crippen LogP contribution in [0, 0.1) is 18.3 Å². The lowest BCUT2D eigenvalue weighted by Crippen LogP contribution is -2.49. The number of carbonyl (C=O) groups is 1. The van der Waals surface area contributed by atoms with Crippen LogP contribution in [0.15, 0.2) is 22.9 Å². The fourth-order valence-electron chi connectivity index (χ4n) is 2.81. The Bertz CT molecular complexity index is 756. The van der Waals surface area contributed by atoms with Gasteiger partial charge in [0.25, 0.3) is 0 Å². The third-order valence-corrected chi connectivity index (χ3v) is 4.18. The standard InChI is InChI=1S/C17H20N6O2/c1-13-20-16(25-21-13)3-2-4-17(24)23-9-7-22(8-10-23)15-6-5-14(11-18)12-19-15/h5-6,12H,2-4,7-10H2,1H3. The van der Waals surface area contributed by atoms with Gasteiger partial charge in [-0.1, -0.05) is 5.16 Å². The van der Waals surface area contributed by atoms with Crippen molar-refractivity contribution in [2.45, 2.75) is 26.2 Å². The number of hydrogen-bond acceptors (Lipinski definition) is 7. The highest BCUT2D eigenvalue weighted by Crippen LogP contribution is 2.15. The lowest BCUT2D eigenvalue weighted by Gasteiger charge is -2.35. The molecule has 0 bridgehead atoms. The van der Waals surface area contributed by atoms with Crippen LogP contribution in [-0.2, 0) is 11.2 Å². The Labute approximate surface area is 146 Å². The number of nitrogens with zero attached hydrogens (tertiary/aromatic N) is 6. The second-order valence-corrected chi connectivity index (χ2v) is 5.97. The van der Waals surface area contributed by atoms with E-state index in [0.717, 1.165) is 18.9 Å². The van der Waals surface area contributed by atoms with E-state index in [1.165, 1.54) is 0 Å². The molecule has 8 nitrogen and oxygen atoms in total. The average molecular weight is 340 g/mol. The van der Waals surface area contributed by atoms with Crippen molar-refractivity contribution in [1.29, 1.82) is 5.26 Å². The number of pyridine rings is 1. The second-order valence-electron chi connectivity index (χ2n) is 5.97. The van der Waals surface area contributed by atoms with Gasteiger partial charge in [-0.2, -0.15) is 10.2 Å². The van der Waals surface area contributed by atoms with Gasteiger partial charge < -0.3 is 14.3 Å². The predicted octanol–water partition coefficient (Wildman–Crippen LogP) is 1.32. The first-order chi connectivity index (χ1) is 12.2. The summed E-state index contributed by atoms with van der Waals surface area (Å²) in [5, 5.41) is 12.6. The molecule has 25 heavy (non-hydrogen) atoms. The molecule has 0 aromatic carbocycles. The van der Waals surface area contributed by atoms with E-state index in [-0.39, 0.29) is 5.91 Å². The zero-order chi connectivity index (χ0) is 17.6. The van der Waals surface area contributed by atoms with Gasteiger partial charge in [-0.3, -0.25) is 4.79 Å². The number of anilines is 1. The van der Waals surface area contributed by atoms with Gasteiger partial charge in [-0.05, 0) is 25.5 Å². The third kappa shape index (κ3) is 4.32. The van der Waals surface area contributed by atoms with Crippen molar-refractivity contribution < 1.29 is 9.32 Å². The van der Waals surface area contributed by atoms with Crippen LogP contribution < -0.4 is 4.90 Å². The van der Waals surface area contributed by atoms with Gasteiger partial charge in [0, 0.05) is 45.2 Å². The molecule has 1 saturated heterocycles. The Balaban J connectivity index is 1.43. The zero-order valence-corrected chi connectivity index (χ0v) is 14.2. The van der Waals surface area contributed by atoms with Gasteiger partial charge in [0.1, 0.15) is 11.9 Å². The number of piperazine rings is 1. The molecule has 1 fully saturated rings. The molecular formula is C17H20N6O2. The van der Waals surface area contributed by atoms with Crippen LogP contribution in [-0.4, -0.2) is 52.1 Å². The normalized spacial score (nSPS) is 14.4. The van der Waals surface area contributed by atoms with E-state index in [1.807, 2.05) is 11.0 Å². The van der Waals surface area contributed by atoms with Crippen LogP contribution in [0.25, 0.3) is 0 Å². The Hall–Kier alpha value is -2.95. The highest BCUT2D eigenvalue weighted by Gasteiger charge is 2.21. The Morgan fingerprint density at radius 2 is 2.12 bits per heavy atom. The number of aromatic nitrogens is 3. The number of aryl methyl sites for hydroxylation is 2. The number of carbonyl (C=O) groups excluding carboxylic acids is 1. The monoisotopic (exact) mass is 340 g/mol. The minimum absolute atomic E-state index is 0.156. The molecule has 0 atom stereocenters. The van der Waals surface area contributed by atoms with E-state index in [1.54, 1.807) is 19.2 Å². The molecule has 0 unspecified atom stereocenters. The lowest BCUT2D eigenvalue weighted by atomic mass is 10.2. The first kappa shape index (κ1) is 16.9. The maximum atomic E-state index is 12.3. The number of amides is 1. The molecule has 0 radical (unpaired) electrons. The molecule has 8 heteroatoms. The summed E-state index contributed by atoms with van der Waals surface area (Å²) in [6.07, 6.45) is 3.39. The molecule has 2 aromatic rings. The molecule has 2 aromatic heterocycles. The zero-order valence-electron chi connectivity index (χ0n) is 14.2. The highest BCUT2D eigenvalue weighted by molar-refractivity contribution is 5.76. The van der Waals surface area contributed by atoms with Crippen molar-refractivity contribution in [3.63, 3.8) is 0 Å². The predicted molar refractivity (Wildman–Crippen MR) is 89.7 cm³/mol. The van der Waals surface area contributed by atoms with Crippen molar-refractivity contribution in [2.24, 2.45) is 0 Å². The Morgan fingerprint density at radius 1 is 1.32 bits per heavy atom. The molecule has 0 N–H and O–H groups in total. The summed E-state index contributed by atoms with van der Waals surface area (Å²) in [6.45, 7) is 4.63. The fraction of sp³-hybridized carbons (Fsp3) is 0.471. The molecule has 0 saturated carbocycles. The highest BCUT2D eigenvalue weighted by atomic mass is 16.5. The van der Waals surface area contributed by atoms with Gasteiger partial charge in [0.15, 0.2) is 5.82 Å². The Kier molecular flexibility index (Phi) is 5.23. The third-order valence-electron chi connectivity index (χ3n) is 4.18. The SMILES string of the molecule is Cc1noc(CCCC(=O)N2CCN(c3ccc(C#N)cn3)CC2)n1. The summed E-state index contributed by atoms with van der Waals surface area (Å²) in [4.78, 5) is 24.8. The van der Waals surface area contributed by atoms with Crippen molar-refractivity contribution in [3.8, 4) is 6.07 Å². The summed E-state index contributed by atoms with van der Waals surface area (Å²) in [5.41, 5.74) is 0.550. The van der Waals surface area contributed by atoms with Crippen LogP contribution >= 0.6 is 0 Å². The molecule has 3 heterocycles. The summed E-state index contributed by atoms with van der Waals surface area (Å²) in [6, 6.07) is 5.68. The number of rotatable bonds is 5. The van der Waals surface area contributed by atoms with Gasteiger partial charge >= 0.3 is 0 Å². The van der Waals surface area contributed by atoms with Gasteiger partial charge in [0.2, 0.25) is 11.8 Å². The van der Waals surface area contributed by atoms with Crippen LogP contribution in [0.3, 0.4) is 0 Å². The topological polar surface area (TPSA) is 99.2 Å². The smallest absolute Gasteiger partial charge is 0.226 e. The van der Waals surface area contributed by atoms with Gasteiger partial charge in [-0.15, -0.1) is 0 Å². The molecular weight excluding hydrogens is 320 g/mol.